The first kappa shape index (κ1) is 17.0. The summed E-state index contributed by atoms with van der Waals surface area (Å²) in [6.07, 6.45) is -3.83. The lowest BCUT2D eigenvalue weighted by atomic mass is 10.1. The van der Waals surface area contributed by atoms with Gasteiger partial charge >= 0.3 is 6.18 Å². The molecule has 0 heterocycles. The van der Waals surface area contributed by atoms with Crippen LogP contribution in [0.15, 0.2) is 24.3 Å². The molecule has 5 heteroatoms. The van der Waals surface area contributed by atoms with E-state index in [2.05, 4.69) is 0 Å². The second-order valence-electron chi connectivity index (χ2n) is 2.24. The molecular formula is C11H14F4O. The van der Waals surface area contributed by atoms with Gasteiger partial charge in [-0.1, -0.05) is 26.0 Å². The molecule has 92 valence electrons. The number of carbonyl (C=O) groups excluding carboxylic acids is 1. The molecule has 0 radical (unpaired) electrons. The third-order valence-corrected chi connectivity index (χ3v) is 1.37. The minimum Gasteiger partial charge on any atom is -0.298 e. The van der Waals surface area contributed by atoms with E-state index in [1.165, 1.54) is 0 Å². The first-order valence-corrected chi connectivity index (χ1v) is 4.54. The van der Waals surface area contributed by atoms with Gasteiger partial charge in [0.1, 0.15) is 6.29 Å². The van der Waals surface area contributed by atoms with Crippen molar-refractivity contribution < 1.29 is 22.4 Å². The van der Waals surface area contributed by atoms with E-state index in [0.717, 1.165) is 24.3 Å². The SMILES string of the molecule is CC.CF.O=Cc1ccc(C(F)(F)F)cc1. The molecule has 1 aromatic carbocycles. The largest absolute Gasteiger partial charge is 0.416 e. The molecule has 0 aliphatic heterocycles. The minimum absolute atomic E-state index is 0.239. The maximum Gasteiger partial charge on any atom is 0.416 e. The molecule has 0 N–H and O–H groups in total. The summed E-state index contributed by atoms with van der Waals surface area (Å²) < 4.78 is 45.3. The van der Waals surface area contributed by atoms with Gasteiger partial charge < -0.3 is 0 Å². The Kier molecular flexibility index (Phi) is 9.45. The van der Waals surface area contributed by atoms with E-state index >= 15 is 0 Å². The van der Waals surface area contributed by atoms with Crippen LogP contribution in [0.5, 0.6) is 0 Å². The van der Waals surface area contributed by atoms with Gasteiger partial charge in [0.25, 0.3) is 0 Å². The van der Waals surface area contributed by atoms with E-state index in [1.54, 1.807) is 0 Å². The van der Waals surface area contributed by atoms with Crippen molar-refractivity contribution >= 4 is 6.29 Å². The van der Waals surface area contributed by atoms with Crippen LogP contribution >= 0.6 is 0 Å². The van der Waals surface area contributed by atoms with E-state index in [4.69, 9.17) is 0 Å². The monoisotopic (exact) mass is 238 g/mol. The summed E-state index contributed by atoms with van der Waals surface area (Å²) in [5, 5.41) is 0. The molecule has 0 fully saturated rings. The van der Waals surface area contributed by atoms with Gasteiger partial charge in [0.05, 0.1) is 12.7 Å². The smallest absolute Gasteiger partial charge is 0.298 e. The van der Waals surface area contributed by atoms with E-state index in [9.17, 15) is 22.4 Å². The second kappa shape index (κ2) is 8.88. The maximum absolute atomic E-state index is 11.9. The zero-order valence-corrected chi connectivity index (χ0v) is 9.31. The van der Waals surface area contributed by atoms with Gasteiger partial charge in [-0.2, -0.15) is 13.2 Å². The summed E-state index contributed by atoms with van der Waals surface area (Å²) in [6.45, 7) is 4.00. The minimum atomic E-state index is -4.33. The van der Waals surface area contributed by atoms with Gasteiger partial charge in [0.15, 0.2) is 0 Å². The topological polar surface area (TPSA) is 17.1 Å². The van der Waals surface area contributed by atoms with Crippen LogP contribution in [0.2, 0.25) is 0 Å². The molecule has 1 nitrogen and oxygen atoms in total. The van der Waals surface area contributed by atoms with Gasteiger partial charge in [0, 0.05) is 5.56 Å². The molecular weight excluding hydrogens is 224 g/mol. The van der Waals surface area contributed by atoms with Crippen molar-refractivity contribution in [1.29, 1.82) is 0 Å². The van der Waals surface area contributed by atoms with E-state index < -0.39 is 11.7 Å². The lowest BCUT2D eigenvalue weighted by Crippen LogP contribution is -2.04. The molecule has 0 unspecified atom stereocenters. The van der Waals surface area contributed by atoms with Crippen molar-refractivity contribution in [1.82, 2.24) is 0 Å². The number of aldehydes is 1. The highest BCUT2D eigenvalue weighted by Crippen LogP contribution is 2.28. The number of carbonyl (C=O) groups is 1. The Morgan fingerprint density at radius 2 is 1.38 bits per heavy atom. The average molecular weight is 238 g/mol. The molecule has 0 amide bonds. The Morgan fingerprint density at radius 3 is 1.62 bits per heavy atom. The van der Waals surface area contributed by atoms with Crippen LogP contribution in [-0.2, 0) is 6.18 Å². The molecule has 0 atom stereocenters. The highest BCUT2D eigenvalue weighted by atomic mass is 19.4. The zero-order chi connectivity index (χ0) is 13.2. The first-order valence-electron chi connectivity index (χ1n) is 4.54. The fourth-order valence-electron chi connectivity index (χ4n) is 0.751. The Labute approximate surface area is 92.1 Å². The average Bonchev–Trinajstić information content (AvgIpc) is 2.33. The van der Waals surface area contributed by atoms with Gasteiger partial charge in [-0.15, -0.1) is 0 Å². The predicted molar refractivity (Wildman–Crippen MR) is 55.2 cm³/mol. The van der Waals surface area contributed by atoms with Crippen LogP contribution in [-0.4, -0.2) is 13.5 Å². The molecule has 16 heavy (non-hydrogen) atoms. The van der Waals surface area contributed by atoms with Gasteiger partial charge in [-0.3, -0.25) is 9.18 Å². The van der Waals surface area contributed by atoms with E-state index in [0.29, 0.717) is 13.5 Å². The van der Waals surface area contributed by atoms with Crippen molar-refractivity contribution in [2.24, 2.45) is 0 Å². The molecule has 0 spiro atoms. The summed E-state index contributed by atoms with van der Waals surface area (Å²) >= 11 is 0. The van der Waals surface area contributed by atoms with Gasteiger partial charge in [-0.25, -0.2) is 0 Å². The summed E-state index contributed by atoms with van der Waals surface area (Å²) in [5.41, 5.74) is -0.504. The summed E-state index contributed by atoms with van der Waals surface area (Å²) in [4.78, 5) is 10.1. The van der Waals surface area contributed by atoms with Gasteiger partial charge in [0.2, 0.25) is 0 Å². The maximum atomic E-state index is 11.9. The van der Waals surface area contributed by atoms with E-state index in [-0.39, 0.29) is 5.56 Å². The highest BCUT2D eigenvalue weighted by Gasteiger charge is 2.29. The van der Waals surface area contributed by atoms with Gasteiger partial charge in [-0.05, 0) is 12.1 Å². The van der Waals surface area contributed by atoms with Crippen molar-refractivity contribution in [3.05, 3.63) is 35.4 Å². The highest BCUT2D eigenvalue weighted by molar-refractivity contribution is 5.74. The third kappa shape index (κ3) is 6.16. The number of rotatable bonds is 1. The van der Waals surface area contributed by atoms with Crippen LogP contribution in [0.1, 0.15) is 29.8 Å². The molecule has 1 aromatic rings. The van der Waals surface area contributed by atoms with Crippen molar-refractivity contribution in [2.75, 3.05) is 7.18 Å². The quantitative estimate of drug-likeness (QED) is 0.531. The fraction of sp³-hybridized carbons (Fsp3) is 0.364. The number of hydrogen-bond acceptors (Lipinski definition) is 1. The molecule has 1 rings (SSSR count). The molecule has 0 saturated heterocycles. The van der Waals surface area contributed by atoms with Crippen LogP contribution in [0.3, 0.4) is 0 Å². The standard InChI is InChI=1S/C8H5F3O.C2H6.CH3F/c9-8(10,11)7-3-1-6(5-12)2-4-7;2*1-2/h1-5H;1-2H3;1H3. The Morgan fingerprint density at radius 1 is 1.00 bits per heavy atom. The van der Waals surface area contributed by atoms with Crippen molar-refractivity contribution in [2.45, 2.75) is 20.0 Å². The number of hydrogen-bond donors (Lipinski definition) is 0. The molecule has 0 bridgehead atoms. The summed E-state index contributed by atoms with van der Waals surface area (Å²) in [5.74, 6) is 0. The van der Waals surface area contributed by atoms with Crippen LogP contribution in [0.4, 0.5) is 17.6 Å². The summed E-state index contributed by atoms with van der Waals surface area (Å²) in [7, 11) is 0.500. The molecule has 0 aromatic heterocycles. The van der Waals surface area contributed by atoms with Crippen molar-refractivity contribution in [3.63, 3.8) is 0 Å². The Hall–Kier alpha value is -1.39. The Bertz CT molecular complexity index is 277. The molecule has 0 aliphatic carbocycles. The van der Waals surface area contributed by atoms with E-state index in [1.807, 2.05) is 13.8 Å². The number of alkyl halides is 4. The Balaban J connectivity index is 0. The molecule has 0 aliphatic rings. The zero-order valence-electron chi connectivity index (χ0n) is 9.31. The number of benzene rings is 1. The van der Waals surface area contributed by atoms with Crippen LogP contribution in [0.25, 0.3) is 0 Å². The second-order valence-corrected chi connectivity index (χ2v) is 2.24. The summed E-state index contributed by atoms with van der Waals surface area (Å²) in [6, 6.07) is 4.03. The normalized spacial score (nSPS) is 9.19. The van der Waals surface area contributed by atoms with Crippen molar-refractivity contribution in [3.8, 4) is 0 Å². The predicted octanol–water partition coefficient (Wildman–Crippen LogP) is 4.13. The van der Waals surface area contributed by atoms with Crippen LogP contribution < -0.4 is 0 Å². The lowest BCUT2D eigenvalue weighted by Gasteiger charge is -2.04. The third-order valence-electron chi connectivity index (χ3n) is 1.37. The fourth-order valence-corrected chi connectivity index (χ4v) is 0.751. The lowest BCUT2D eigenvalue weighted by molar-refractivity contribution is -0.137. The number of halogens is 4. The van der Waals surface area contributed by atoms with Crippen LogP contribution in [0, 0.1) is 0 Å². The molecule has 0 saturated carbocycles. The first-order chi connectivity index (χ1) is 7.54.